The van der Waals surface area contributed by atoms with Gasteiger partial charge in [-0.2, -0.15) is 0 Å². The van der Waals surface area contributed by atoms with E-state index in [2.05, 4.69) is 15.6 Å². The molecular weight excluding hydrogens is 260 g/mol. The summed E-state index contributed by atoms with van der Waals surface area (Å²) in [4.78, 5) is 16.4. The number of thiocarbonyl (C=S) groups is 1. The molecule has 6 heteroatoms. The molecule has 1 unspecified atom stereocenters. The SMILES string of the molecule is CC(Nc1cccc(C(N)=S)n1)C(=O)NC(C)(C)C. The molecule has 1 aromatic heterocycles. The number of amides is 1. The Morgan fingerprint density at radius 3 is 2.58 bits per heavy atom. The van der Waals surface area contributed by atoms with Crippen LogP contribution in [0.4, 0.5) is 5.82 Å². The molecule has 1 heterocycles. The first-order chi connectivity index (χ1) is 8.69. The van der Waals surface area contributed by atoms with Crippen molar-refractivity contribution in [2.45, 2.75) is 39.3 Å². The van der Waals surface area contributed by atoms with E-state index in [1.54, 1.807) is 25.1 Å². The average Bonchev–Trinajstić information content (AvgIpc) is 2.27. The van der Waals surface area contributed by atoms with Gasteiger partial charge in [0.1, 0.15) is 16.8 Å². The molecular formula is C13H20N4OS. The molecule has 0 aliphatic heterocycles. The van der Waals surface area contributed by atoms with Crippen molar-refractivity contribution in [2.75, 3.05) is 5.32 Å². The summed E-state index contributed by atoms with van der Waals surface area (Å²) in [6.07, 6.45) is 0. The highest BCUT2D eigenvalue weighted by Crippen LogP contribution is 2.07. The van der Waals surface area contributed by atoms with Crippen LogP contribution in [0.1, 0.15) is 33.4 Å². The smallest absolute Gasteiger partial charge is 0.242 e. The number of aromatic nitrogens is 1. The zero-order valence-electron chi connectivity index (χ0n) is 11.7. The summed E-state index contributed by atoms with van der Waals surface area (Å²) >= 11 is 4.87. The zero-order valence-corrected chi connectivity index (χ0v) is 12.5. The molecule has 1 aromatic rings. The van der Waals surface area contributed by atoms with E-state index in [1.807, 2.05) is 20.8 Å². The minimum atomic E-state index is -0.395. The Kier molecular flexibility index (Phi) is 4.83. The van der Waals surface area contributed by atoms with E-state index in [-0.39, 0.29) is 16.4 Å². The van der Waals surface area contributed by atoms with Gasteiger partial charge in [-0.15, -0.1) is 0 Å². The van der Waals surface area contributed by atoms with Crippen molar-refractivity contribution in [1.82, 2.24) is 10.3 Å². The maximum absolute atomic E-state index is 11.9. The summed E-state index contributed by atoms with van der Waals surface area (Å²) in [6, 6.07) is 4.89. The molecule has 1 rings (SSSR count). The second-order valence-electron chi connectivity index (χ2n) is 5.38. The van der Waals surface area contributed by atoms with Gasteiger partial charge >= 0.3 is 0 Å². The van der Waals surface area contributed by atoms with Crippen molar-refractivity contribution in [3.8, 4) is 0 Å². The fourth-order valence-corrected chi connectivity index (χ4v) is 1.53. The monoisotopic (exact) mass is 280 g/mol. The highest BCUT2D eigenvalue weighted by atomic mass is 32.1. The van der Waals surface area contributed by atoms with Crippen LogP contribution in [0.2, 0.25) is 0 Å². The van der Waals surface area contributed by atoms with Crippen LogP contribution >= 0.6 is 12.2 Å². The Balaban J connectivity index is 2.71. The highest BCUT2D eigenvalue weighted by molar-refractivity contribution is 7.80. The van der Waals surface area contributed by atoms with Crippen LogP contribution in [0, 0.1) is 0 Å². The third-order valence-electron chi connectivity index (χ3n) is 2.26. The third kappa shape index (κ3) is 5.21. The lowest BCUT2D eigenvalue weighted by Crippen LogP contribution is -2.47. The molecule has 0 saturated carbocycles. The van der Waals surface area contributed by atoms with Gasteiger partial charge < -0.3 is 16.4 Å². The predicted octanol–water partition coefficient (Wildman–Crippen LogP) is 1.43. The highest BCUT2D eigenvalue weighted by Gasteiger charge is 2.19. The van der Waals surface area contributed by atoms with Gasteiger partial charge in [-0.25, -0.2) is 4.98 Å². The van der Waals surface area contributed by atoms with E-state index in [9.17, 15) is 4.79 Å². The van der Waals surface area contributed by atoms with Gasteiger partial charge in [0, 0.05) is 5.54 Å². The molecule has 0 saturated heterocycles. The fraction of sp³-hybridized carbons (Fsp3) is 0.462. The summed E-state index contributed by atoms with van der Waals surface area (Å²) in [6.45, 7) is 7.58. The Morgan fingerprint density at radius 2 is 2.05 bits per heavy atom. The number of nitrogens with zero attached hydrogens (tertiary/aromatic N) is 1. The number of rotatable bonds is 4. The quantitative estimate of drug-likeness (QED) is 0.727. The zero-order chi connectivity index (χ0) is 14.6. The van der Waals surface area contributed by atoms with Gasteiger partial charge in [-0.05, 0) is 39.8 Å². The van der Waals surface area contributed by atoms with E-state index in [4.69, 9.17) is 18.0 Å². The summed E-state index contributed by atoms with van der Waals surface area (Å²) in [5.74, 6) is 0.483. The lowest BCUT2D eigenvalue weighted by Gasteiger charge is -2.24. The van der Waals surface area contributed by atoms with Gasteiger partial charge in [0.2, 0.25) is 5.91 Å². The van der Waals surface area contributed by atoms with Crippen molar-refractivity contribution in [3.63, 3.8) is 0 Å². The molecule has 0 spiro atoms. The first-order valence-electron chi connectivity index (χ1n) is 6.04. The fourth-order valence-electron chi connectivity index (χ4n) is 1.42. The Hall–Kier alpha value is -1.69. The molecule has 0 aliphatic carbocycles. The second kappa shape index (κ2) is 5.97. The van der Waals surface area contributed by atoms with Crippen LogP contribution < -0.4 is 16.4 Å². The number of anilines is 1. The van der Waals surface area contributed by atoms with E-state index in [0.29, 0.717) is 11.5 Å². The first kappa shape index (κ1) is 15.4. The maximum atomic E-state index is 11.9. The van der Waals surface area contributed by atoms with Gasteiger partial charge in [0.05, 0.1) is 5.69 Å². The van der Waals surface area contributed by atoms with Gasteiger partial charge in [0.25, 0.3) is 0 Å². The van der Waals surface area contributed by atoms with Gasteiger partial charge in [-0.3, -0.25) is 4.79 Å². The second-order valence-corrected chi connectivity index (χ2v) is 5.82. The molecule has 0 fully saturated rings. The topological polar surface area (TPSA) is 80.0 Å². The Labute approximate surface area is 119 Å². The lowest BCUT2D eigenvalue weighted by molar-refractivity contribution is -0.122. The normalized spacial score (nSPS) is 12.6. The number of nitrogens with one attached hydrogen (secondary N) is 2. The van der Waals surface area contributed by atoms with E-state index >= 15 is 0 Å². The van der Waals surface area contributed by atoms with Crippen molar-refractivity contribution in [2.24, 2.45) is 5.73 Å². The Morgan fingerprint density at radius 1 is 1.42 bits per heavy atom. The molecule has 5 nitrogen and oxygen atoms in total. The van der Waals surface area contributed by atoms with Gasteiger partial charge in [-0.1, -0.05) is 18.3 Å². The number of pyridine rings is 1. The van der Waals surface area contributed by atoms with E-state index in [0.717, 1.165) is 0 Å². The van der Waals surface area contributed by atoms with Crippen LogP contribution in [-0.4, -0.2) is 27.5 Å². The molecule has 19 heavy (non-hydrogen) atoms. The predicted molar refractivity (Wildman–Crippen MR) is 81.1 cm³/mol. The molecule has 1 amide bonds. The van der Waals surface area contributed by atoms with Crippen molar-refractivity contribution < 1.29 is 4.79 Å². The molecule has 0 aromatic carbocycles. The summed E-state index contributed by atoms with van der Waals surface area (Å²) in [5.41, 5.74) is 5.79. The minimum absolute atomic E-state index is 0.0879. The summed E-state index contributed by atoms with van der Waals surface area (Å²) in [5, 5.41) is 5.92. The van der Waals surface area contributed by atoms with E-state index < -0.39 is 6.04 Å². The average molecular weight is 280 g/mol. The first-order valence-corrected chi connectivity index (χ1v) is 6.45. The standard InChI is InChI=1S/C13H20N4OS/c1-8(12(18)17-13(2,3)4)15-10-7-5-6-9(16-10)11(14)19/h5-8H,1-4H3,(H2,14,19)(H,15,16)(H,17,18). The maximum Gasteiger partial charge on any atom is 0.242 e. The lowest BCUT2D eigenvalue weighted by atomic mass is 10.1. The number of carbonyl (C=O) groups excluding carboxylic acids is 1. The third-order valence-corrected chi connectivity index (χ3v) is 2.47. The van der Waals surface area contributed by atoms with Gasteiger partial charge in [0.15, 0.2) is 0 Å². The number of hydrogen-bond acceptors (Lipinski definition) is 4. The van der Waals surface area contributed by atoms with Crippen molar-refractivity contribution >= 4 is 28.9 Å². The van der Waals surface area contributed by atoms with Crippen LogP contribution in [0.25, 0.3) is 0 Å². The largest absolute Gasteiger partial charge is 0.388 e. The van der Waals surface area contributed by atoms with E-state index in [1.165, 1.54) is 0 Å². The van der Waals surface area contributed by atoms with Crippen molar-refractivity contribution in [3.05, 3.63) is 23.9 Å². The molecule has 104 valence electrons. The van der Waals surface area contributed by atoms with Crippen molar-refractivity contribution in [1.29, 1.82) is 0 Å². The van der Waals surface area contributed by atoms with Crippen LogP contribution in [0.15, 0.2) is 18.2 Å². The minimum Gasteiger partial charge on any atom is -0.388 e. The number of nitrogens with two attached hydrogens (primary N) is 1. The molecule has 4 N–H and O–H groups in total. The molecule has 0 radical (unpaired) electrons. The molecule has 0 bridgehead atoms. The number of hydrogen-bond donors (Lipinski definition) is 3. The Bertz CT molecular complexity index is 482. The van der Waals surface area contributed by atoms with Crippen LogP contribution in [-0.2, 0) is 4.79 Å². The number of carbonyl (C=O) groups is 1. The summed E-state index contributed by atoms with van der Waals surface area (Å²) < 4.78 is 0. The van der Waals surface area contributed by atoms with Crippen LogP contribution in [0.3, 0.4) is 0 Å². The molecule has 1 atom stereocenters. The summed E-state index contributed by atoms with van der Waals surface area (Å²) in [7, 11) is 0. The van der Waals surface area contributed by atoms with Crippen LogP contribution in [0.5, 0.6) is 0 Å². The molecule has 0 aliphatic rings.